The van der Waals surface area contributed by atoms with Crippen LogP contribution in [0.25, 0.3) is 27.8 Å². The average molecular weight is 765 g/mol. The highest BCUT2D eigenvalue weighted by molar-refractivity contribution is 7.98. The van der Waals surface area contributed by atoms with E-state index in [0.717, 1.165) is 45.7 Å². The number of nitrogens with zero attached hydrogens (tertiary/aromatic N) is 1. The Bertz CT molecular complexity index is 2740. The van der Waals surface area contributed by atoms with Crippen molar-refractivity contribution in [1.29, 1.82) is 0 Å². The number of hydrogen-bond donors (Lipinski definition) is 1. The lowest BCUT2D eigenvalue weighted by Crippen LogP contribution is -2.32. The molecule has 58 heavy (non-hydrogen) atoms. The quantitative estimate of drug-likeness (QED) is 0.117. The van der Waals surface area contributed by atoms with Crippen molar-refractivity contribution in [2.24, 2.45) is 10.7 Å². The van der Waals surface area contributed by atoms with Gasteiger partial charge in [-0.05, 0) is 110 Å². The first-order valence-electron chi connectivity index (χ1n) is 19.9. The summed E-state index contributed by atoms with van der Waals surface area (Å²) in [6.07, 6.45) is 12.7. The van der Waals surface area contributed by atoms with Gasteiger partial charge in [0, 0.05) is 16.2 Å². The Morgan fingerprint density at radius 3 is 2.14 bits per heavy atom. The van der Waals surface area contributed by atoms with Crippen LogP contribution in [0.3, 0.4) is 0 Å². The summed E-state index contributed by atoms with van der Waals surface area (Å²) in [5, 5.41) is 0. The maximum Gasteiger partial charge on any atom is 0.0940 e. The molecule has 9 rings (SSSR count). The Hall–Kier alpha value is -6.68. The third-order valence-corrected chi connectivity index (χ3v) is 12.7. The number of benzene rings is 7. The van der Waals surface area contributed by atoms with Crippen LogP contribution in [0.5, 0.6) is 0 Å². The van der Waals surface area contributed by atoms with Gasteiger partial charge >= 0.3 is 0 Å². The molecule has 2 aliphatic rings. The van der Waals surface area contributed by atoms with Crippen LogP contribution in [0.15, 0.2) is 229 Å². The van der Waals surface area contributed by atoms with Gasteiger partial charge in [-0.25, -0.2) is 0 Å². The highest BCUT2D eigenvalue weighted by Gasteiger charge is 2.46. The average Bonchev–Trinajstić information content (AvgIpc) is 3.56. The normalized spacial score (nSPS) is 16.6. The fourth-order valence-electron chi connectivity index (χ4n) is 8.79. The first-order chi connectivity index (χ1) is 28.7. The molecule has 1 aliphatic carbocycles. The standard InChI is InChI=1S/C55H44N2S/c1-2-52(44-24-15-23-42(35-44)39-17-5-3-6-18-39)57-53(41-19-7-4-8-20-41)33-31-40(25-16-34-56)43-30-32-51-48(36-43)47-26-11-13-28-50(47)55(51)37-45-21-10-14-29-54(45)58-38-46-22-9-12-27-49(46)55/h2-36,53H,1,37-38,56H2/b33-31+,34-16-,40-25+,57-52?. The van der Waals surface area contributed by atoms with Crippen molar-refractivity contribution in [3.05, 3.63) is 264 Å². The van der Waals surface area contributed by atoms with Gasteiger partial charge in [0.1, 0.15) is 0 Å². The summed E-state index contributed by atoms with van der Waals surface area (Å²) in [5.74, 6) is 0.935. The minimum atomic E-state index is -0.318. The zero-order valence-electron chi connectivity index (χ0n) is 32.3. The second-order valence-corrected chi connectivity index (χ2v) is 15.8. The molecule has 2 unspecified atom stereocenters. The molecule has 2 atom stereocenters. The molecule has 0 saturated heterocycles. The van der Waals surface area contributed by atoms with E-state index in [-0.39, 0.29) is 11.5 Å². The zero-order valence-corrected chi connectivity index (χ0v) is 33.2. The summed E-state index contributed by atoms with van der Waals surface area (Å²) in [7, 11) is 0. The Labute approximate surface area is 346 Å². The summed E-state index contributed by atoms with van der Waals surface area (Å²) in [5.41, 5.74) is 22.5. The van der Waals surface area contributed by atoms with Gasteiger partial charge in [0.15, 0.2) is 0 Å². The smallest absolute Gasteiger partial charge is 0.0940 e. The van der Waals surface area contributed by atoms with Gasteiger partial charge < -0.3 is 5.73 Å². The molecule has 280 valence electrons. The second-order valence-electron chi connectivity index (χ2n) is 14.8. The van der Waals surface area contributed by atoms with E-state index in [0.29, 0.717) is 0 Å². The lowest BCUT2D eigenvalue weighted by atomic mass is 9.67. The minimum absolute atomic E-state index is 0.261. The van der Waals surface area contributed by atoms with Gasteiger partial charge in [-0.2, -0.15) is 0 Å². The van der Waals surface area contributed by atoms with Gasteiger partial charge in [-0.15, -0.1) is 11.8 Å². The molecule has 7 aromatic rings. The van der Waals surface area contributed by atoms with E-state index in [4.69, 9.17) is 10.7 Å². The van der Waals surface area contributed by atoms with E-state index in [1.165, 1.54) is 49.4 Å². The summed E-state index contributed by atoms with van der Waals surface area (Å²) >= 11 is 1.95. The minimum Gasteiger partial charge on any atom is -0.405 e. The highest BCUT2D eigenvalue weighted by atomic mass is 32.2. The molecule has 0 saturated carbocycles. The van der Waals surface area contributed by atoms with E-state index >= 15 is 0 Å². The molecule has 2 N–H and O–H groups in total. The third-order valence-electron chi connectivity index (χ3n) is 11.5. The largest absolute Gasteiger partial charge is 0.405 e. The molecular formula is C55H44N2S. The van der Waals surface area contributed by atoms with Gasteiger partial charge in [0.2, 0.25) is 0 Å². The molecule has 3 heteroatoms. The van der Waals surface area contributed by atoms with Crippen LogP contribution in [0, 0.1) is 0 Å². The van der Waals surface area contributed by atoms with E-state index in [1.807, 2.05) is 36.0 Å². The summed E-state index contributed by atoms with van der Waals surface area (Å²) in [6.45, 7) is 4.20. The number of rotatable bonds is 9. The molecule has 0 aromatic heterocycles. The van der Waals surface area contributed by atoms with Crippen molar-refractivity contribution in [2.75, 3.05) is 0 Å². The first-order valence-corrected chi connectivity index (χ1v) is 20.9. The van der Waals surface area contributed by atoms with E-state index in [2.05, 4.69) is 189 Å². The number of thioether (sulfide) groups is 1. The van der Waals surface area contributed by atoms with Crippen molar-refractivity contribution in [3.8, 4) is 22.3 Å². The van der Waals surface area contributed by atoms with E-state index in [1.54, 1.807) is 6.20 Å². The molecule has 7 aromatic carbocycles. The van der Waals surface area contributed by atoms with Crippen LogP contribution < -0.4 is 5.73 Å². The Balaban J connectivity index is 1.15. The van der Waals surface area contributed by atoms with Crippen LogP contribution in [0.4, 0.5) is 0 Å². The lowest BCUT2D eigenvalue weighted by Gasteiger charge is -2.37. The molecule has 0 radical (unpaired) electrons. The topological polar surface area (TPSA) is 38.4 Å². The van der Waals surface area contributed by atoms with Gasteiger partial charge in [0.05, 0.1) is 17.2 Å². The zero-order chi connectivity index (χ0) is 39.3. The predicted octanol–water partition coefficient (Wildman–Crippen LogP) is 13.3. The van der Waals surface area contributed by atoms with Crippen molar-refractivity contribution in [3.63, 3.8) is 0 Å². The lowest BCUT2D eigenvalue weighted by molar-refractivity contribution is 0.616. The van der Waals surface area contributed by atoms with Crippen molar-refractivity contribution >= 4 is 23.0 Å². The van der Waals surface area contributed by atoms with Crippen LogP contribution in [0.1, 0.15) is 50.5 Å². The van der Waals surface area contributed by atoms with Crippen LogP contribution in [0.2, 0.25) is 0 Å². The number of aliphatic imine (C=N–C) groups is 1. The number of fused-ring (bicyclic) bond motifs is 8. The predicted molar refractivity (Wildman–Crippen MR) is 246 cm³/mol. The monoisotopic (exact) mass is 764 g/mol. The second kappa shape index (κ2) is 16.4. The van der Waals surface area contributed by atoms with Crippen molar-refractivity contribution in [2.45, 2.75) is 28.5 Å². The third kappa shape index (κ3) is 6.99. The van der Waals surface area contributed by atoms with Gasteiger partial charge in [-0.3, -0.25) is 4.99 Å². The van der Waals surface area contributed by atoms with Crippen LogP contribution >= 0.6 is 11.8 Å². The van der Waals surface area contributed by atoms with Gasteiger partial charge in [-0.1, -0.05) is 183 Å². The highest BCUT2D eigenvalue weighted by Crippen LogP contribution is 2.57. The van der Waals surface area contributed by atoms with E-state index in [9.17, 15) is 0 Å². The molecule has 1 aliphatic heterocycles. The van der Waals surface area contributed by atoms with Gasteiger partial charge in [0.25, 0.3) is 0 Å². The van der Waals surface area contributed by atoms with Crippen molar-refractivity contribution < 1.29 is 0 Å². The summed E-state index contributed by atoms with van der Waals surface area (Å²) in [6, 6.07) is 63.3. The SMILES string of the molecule is C=CC(=NC(/C=C/C(=C\C=C/N)c1ccc2c(c1)-c1ccccc1C21Cc2ccccc2SCc2ccccc21)c1ccccc1)c1cccc(-c2ccccc2)c1. The molecule has 0 amide bonds. The van der Waals surface area contributed by atoms with E-state index < -0.39 is 0 Å². The van der Waals surface area contributed by atoms with Crippen LogP contribution in [-0.4, -0.2) is 5.71 Å². The maximum atomic E-state index is 5.98. The molecule has 1 spiro atoms. The fraction of sp³-hybridized carbons (Fsp3) is 0.0727. The number of nitrogens with two attached hydrogens (primary N) is 1. The Morgan fingerprint density at radius 2 is 1.33 bits per heavy atom. The number of allylic oxidation sites excluding steroid dienone is 5. The first kappa shape index (κ1) is 36.9. The summed E-state index contributed by atoms with van der Waals surface area (Å²) in [4.78, 5) is 6.72. The fourth-order valence-corrected chi connectivity index (χ4v) is 9.85. The maximum absolute atomic E-state index is 5.98. The molecule has 1 heterocycles. The Morgan fingerprint density at radius 1 is 0.638 bits per heavy atom. The summed E-state index contributed by atoms with van der Waals surface area (Å²) < 4.78 is 0. The molecule has 0 fully saturated rings. The van der Waals surface area contributed by atoms with Crippen LogP contribution in [-0.2, 0) is 17.6 Å². The molecular weight excluding hydrogens is 721 g/mol. The number of hydrogen-bond acceptors (Lipinski definition) is 3. The molecule has 2 nitrogen and oxygen atoms in total. The van der Waals surface area contributed by atoms with Crippen molar-refractivity contribution in [1.82, 2.24) is 0 Å². The Kier molecular flexibility index (Phi) is 10.5. The molecule has 0 bridgehead atoms.